The van der Waals surface area contributed by atoms with Crippen LogP contribution in [-0.4, -0.2) is 37.1 Å². The minimum atomic E-state index is 0.658. The number of hydrogen-bond donors (Lipinski definition) is 1. The zero-order chi connectivity index (χ0) is 12.0. The maximum absolute atomic E-state index is 3.68. The van der Waals surface area contributed by atoms with Gasteiger partial charge in [-0.15, -0.1) is 0 Å². The first-order chi connectivity index (χ1) is 7.63. The first-order valence-electron chi connectivity index (χ1n) is 7.09. The van der Waals surface area contributed by atoms with Crippen LogP contribution >= 0.6 is 0 Å². The molecule has 2 nitrogen and oxygen atoms in total. The molecular weight excluding hydrogens is 196 g/mol. The van der Waals surface area contributed by atoms with E-state index in [1.54, 1.807) is 0 Å². The second-order valence-electron chi connectivity index (χ2n) is 5.70. The van der Waals surface area contributed by atoms with Crippen LogP contribution < -0.4 is 5.32 Å². The molecule has 1 heterocycles. The Hall–Kier alpha value is -0.0800. The first kappa shape index (κ1) is 14.0. The Morgan fingerprint density at radius 3 is 2.31 bits per heavy atom. The molecule has 0 spiro atoms. The average Bonchev–Trinajstić information content (AvgIpc) is 2.77. The van der Waals surface area contributed by atoms with Crippen LogP contribution in [0.15, 0.2) is 0 Å². The molecule has 1 rings (SSSR count). The van der Waals surface area contributed by atoms with Crippen LogP contribution in [0.4, 0.5) is 0 Å². The minimum Gasteiger partial charge on any atom is -0.314 e. The molecule has 1 aliphatic heterocycles. The van der Waals surface area contributed by atoms with Crippen LogP contribution in [0, 0.1) is 11.8 Å². The normalized spacial score (nSPS) is 23.2. The van der Waals surface area contributed by atoms with E-state index in [9.17, 15) is 0 Å². The third-order valence-electron chi connectivity index (χ3n) is 4.05. The summed E-state index contributed by atoms with van der Waals surface area (Å²) in [5.41, 5.74) is 0. The standard InChI is InChI=1S/C14H30N2/c1-5-13(3)14(4)15-10-12(2)11-16-8-6-7-9-16/h12-15H,5-11H2,1-4H3. The van der Waals surface area contributed by atoms with Crippen molar-refractivity contribution in [1.82, 2.24) is 10.2 Å². The predicted molar refractivity (Wildman–Crippen MR) is 71.8 cm³/mol. The van der Waals surface area contributed by atoms with Gasteiger partial charge >= 0.3 is 0 Å². The molecule has 0 bridgehead atoms. The average molecular weight is 226 g/mol. The summed E-state index contributed by atoms with van der Waals surface area (Å²) in [6.07, 6.45) is 4.08. The fraction of sp³-hybridized carbons (Fsp3) is 1.00. The SMILES string of the molecule is CCC(C)C(C)NCC(C)CN1CCCC1. The van der Waals surface area contributed by atoms with E-state index in [4.69, 9.17) is 0 Å². The van der Waals surface area contributed by atoms with Crippen molar-refractivity contribution >= 4 is 0 Å². The van der Waals surface area contributed by atoms with E-state index < -0.39 is 0 Å². The number of nitrogens with zero attached hydrogens (tertiary/aromatic N) is 1. The van der Waals surface area contributed by atoms with E-state index in [1.165, 1.54) is 45.4 Å². The molecule has 1 saturated heterocycles. The molecule has 0 saturated carbocycles. The molecule has 0 aliphatic carbocycles. The van der Waals surface area contributed by atoms with Gasteiger partial charge in [0.25, 0.3) is 0 Å². The third-order valence-corrected chi connectivity index (χ3v) is 4.05. The Morgan fingerprint density at radius 1 is 1.12 bits per heavy atom. The quantitative estimate of drug-likeness (QED) is 0.718. The maximum atomic E-state index is 3.68. The van der Waals surface area contributed by atoms with E-state index in [1.807, 2.05) is 0 Å². The van der Waals surface area contributed by atoms with Gasteiger partial charge in [-0.3, -0.25) is 0 Å². The maximum Gasteiger partial charge on any atom is 0.00643 e. The highest BCUT2D eigenvalue weighted by Crippen LogP contribution is 2.11. The molecule has 0 aromatic carbocycles. The molecule has 0 aromatic heterocycles. The van der Waals surface area contributed by atoms with Gasteiger partial charge in [0, 0.05) is 12.6 Å². The largest absolute Gasteiger partial charge is 0.314 e. The number of likely N-dealkylation sites (tertiary alicyclic amines) is 1. The van der Waals surface area contributed by atoms with Crippen LogP contribution in [0.3, 0.4) is 0 Å². The molecule has 2 heteroatoms. The highest BCUT2D eigenvalue weighted by Gasteiger charge is 2.16. The van der Waals surface area contributed by atoms with Gasteiger partial charge in [0.15, 0.2) is 0 Å². The van der Waals surface area contributed by atoms with Crippen molar-refractivity contribution in [3.63, 3.8) is 0 Å². The monoisotopic (exact) mass is 226 g/mol. The van der Waals surface area contributed by atoms with Crippen LogP contribution in [0.25, 0.3) is 0 Å². The van der Waals surface area contributed by atoms with Crippen LogP contribution in [-0.2, 0) is 0 Å². The second kappa shape index (κ2) is 7.29. The molecule has 16 heavy (non-hydrogen) atoms. The van der Waals surface area contributed by atoms with Crippen LogP contribution in [0.5, 0.6) is 0 Å². The van der Waals surface area contributed by atoms with Gasteiger partial charge in [-0.25, -0.2) is 0 Å². The van der Waals surface area contributed by atoms with Gasteiger partial charge in [-0.2, -0.15) is 0 Å². The summed E-state index contributed by atoms with van der Waals surface area (Å²) in [4.78, 5) is 2.61. The van der Waals surface area contributed by atoms with Crippen molar-refractivity contribution in [3.05, 3.63) is 0 Å². The van der Waals surface area contributed by atoms with E-state index in [2.05, 4.69) is 37.9 Å². The lowest BCUT2D eigenvalue weighted by Gasteiger charge is -2.25. The summed E-state index contributed by atoms with van der Waals surface area (Å²) < 4.78 is 0. The zero-order valence-electron chi connectivity index (χ0n) is 11.6. The molecule has 0 amide bonds. The molecule has 1 aliphatic rings. The Morgan fingerprint density at radius 2 is 1.75 bits per heavy atom. The van der Waals surface area contributed by atoms with Crippen LogP contribution in [0.2, 0.25) is 0 Å². The van der Waals surface area contributed by atoms with Crippen molar-refractivity contribution in [1.29, 1.82) is 0 Å². The van der Waals surface area contributed by atoms with Gasteiger partial charge in [-0.1, -0.05) is 27.2 Å². The number of hydrogen-bond acceptors (Lipinski definition) is 2. The Balaban J connectivity index is 2.11. The highest BCUT2D eigenvalue weighted by molar-refractivity contribution is 4.73. The van der Waals surface area contributed by atoms with Crippen molar-refractivity contribution in [2.75, 3.05) is 26.2 Å². The smallest absolute Gasteiger partial charge is 0.00643 e. The van der Waals surface area contributed by atoms with Gasteiger partial charge < -0.3 is 10.2 Å². The summed E-state index contributed by atoms with van der Waals surface area (Å²) >= 11 is 0. The van der Waals surface area contributed by atoms with Crippen molar-refractivity contribution < 1.29 is 0 Å². The molecule has 0 radical (unpaired) electrons. The van der Waals surface area contributed by atoms with Gasteiger partial charge in [0.05, 0.1) is 0 Å². The van der Waals surface area contributed by atoms with Crippen molar-refractivity contribution in [3.8, 4) is 0 Å². The molecule has 3 atom stereocenters. The molecule has 1 N–H and O–H groups in total. The summed E-state index contributed by atoms with van der Waals surface area (Å²) in [6.45, 7) is 14.4. The lowest BCUT2D eigenvalue weighted by atomic mass is 10.0. The van der Waals surface area contributed by atoms with Gasteiger partial charge in [0.1, 0.15) is 0 Å². The van der Waals surface area contributed by atoms with Gasteiger partial charge in [0.2, 0.25) is 0 Å². The predicted octanol–water partition coefficient (Wildman–Crippen LogP) is 2.74. The van der Waals surface area contributed by atoms with E-state index in [0.29, 0.717) is 6.04 Å². The van der Waals surface area contributed by atoms with E-state index >= 15 is 0 Å². The second-order valence-corrected chi connectivity index (χ2v) is 5.70. The first-order valence-corrected chi connectivity index (χ1v) is 7.09. The summed E-state index contributed by atoms with van der Waals surface area (Å²) in [6, 6.07) is 0.658. The lowest BCUT2D eigenvalue weighted by molar-refractivity contribution is 0.270. The summed E-state index contributed by atoms with van der Waals surface area (Å²) in [5.74, 6) is 1.57. The molecule has 1 fully saturated rings. The Bertz CT molecular complexity index is 176. The van der Waals surface area contributed by atoms with Crippen molar-refractivity contribution in [2.24, 2.45) is 11.8 Å². The summed E-state index contributed by atoms with van der Waals surface area (Å²) in [7, 11) is 0. The lowest BCUT2D eigenvalue weighted by Crippen LogP contribution is -2.38. The fourth-order valence-electron chi connectivity index (χ4n) is 2.41. The highest BCUT2D eigenvalue weighted by atomic mass is 15.1. The topological polar surface area (TPSA) is 15.3 Å². The van der Waals surface area contributed by atoms with Crippen molar-refractivity contribution in [2.45, 2.75) is 53.0 Å². The van der Waals surface area contributed by atoms with E-state index in [0.717, 1.165) is 11.8 Å². The minimum absolute atomic E-state index is 0.658. The number of nitrogens with one attached hydrogen (secondary N) is 1. The summed E-state index contributed by atoms with van der Waals surface area (Å²) in [5, 5.41) is 3.68. The molecule has 96 valence electrons. The molecule has 3 unspecified atom stereocenters. The van der Waals surface area contributed by atoms with Crippen LogP contribution in [0.1, 0.15) is 47.0 Å². The Labute approximate surface area is 102 Å². The molecular formula is C14H30N2. The zero-order valence-corrected chi connectivity index (χ0v) is 11.6. The molecule has 0 aromatic rings. The Kier molecular flexibility index (Phi) is 6.37. The van der Waals surface area contributed by atoms with E-state index in [-0.39, 0.29) is 0 Å². The third kappa shape index (κ3) is 4.84. The number of rotatable bonds is 7. The van der Waals surface area contributed by atoms with Gasteiger partial charge in [-0.05, 0) is 51.2 Å². The fourth-order valence-corrected chi connectivity index (χ4v) is 2.41.